The van der Waals surface area contributed by atoms with Gasteiger partial charge in [-0.1, -0.05) is 0 Å². The van der Waals surface area contributed by atoms with Crippen molar-refractivity contribution in [3.63, 3.8) is 0 Å². The van der Waals surface area contributed by atoms with Gasteiger partial charge in [-0.05, 0) is 37.1 Å². The van der Waals surface area contributed by atoms with E-state index in [0.29, 0.717) is 49.6 Å². The van der Waals surface area contributed by atoms with Crippen molar-refractivity contribution in [3.8, 4) is 11.3 Å². The molecule has 0 aliphatic carbocycles. The number of halogens is 1. The maximum Gasteiger partial charge on any atom is 0.257 e. The molecule has 142 valence electrons. The van der Waals surface area contributed by atoms with Gasteiger partial charge in [0.15, 0.2) is 0 Å². The highest BCUT2D eigenvalue weighted by Crippen LogP contribution is 2.23. The first-order valence-corrected chi connectivity index (χ1v) is 9.12. The Hall–Kier alpha value is -2.74. The summed E-state index contributed by atoms with van der Waals surface area (Å²) in [5, 5.41) is 6.81. The van der Waals surface area contributed by atoms with E-state index in [2.05, 4.69) is 10.2 Å². The van der Waals surface area contributed by atoms with Crippen LogP contribution in [0.4, 0.5) is 4.39 Å². The SMILES string of the molecule is O=C(c1cn[nH]c1-c1ccc(F)cc1)N1CCN(C(=O)C2CCCO2)CC1. The molecule has 0 bridgehead atoms. The number of rotatable bonds is 3. The quantitative estimate of drug-likeness (QED) is 0.889. The number of H-pyrrole nitrogens is 1. The number of piperazine rings is 1. The van der Waals surface area contributed by atoms with Crippen LogP contribution in [-0.2, 0) is 9.53 Å². The van der Waals surface area contributed by atoms with Gasteiger partial charge in [-0.15, -0.1) is 0 Å². The lowest BCUT2D eigenvalue weighted by molar-refractivity contribution is -0.142. The summed E-state index contributed by atoms with van der Waals surface area (Å²) in [5.41, 5.74) is 1.71. The molecule has 2 aliphatic heterocycles. The summed E-state index contributed by atoms with van der Waals surface area (Å²) in [5.74, 6) is -0.458. The maximum absolute atomic E-state index is 13.2. The predicted molar refractivity (Wildman–Crippen MR) is 95.4 cm³/mol. The van der Waals surface area contributed by atoms with Gasteiger partial charge in [0.2, 0.25) is 0 Å². The van der Waals surface area contributed by atoms with E-state index >= 15 is 0 Å². The third-order valence-electron chi connectivity index (χ3n) is 5.09. The topological polar surface area (TPSA) is 78.5 Å². The number of aromatic nitrogens is 2. The molecule has 8 heteroatoms. The fourth-order valence-electron chi connectivity index (χ4n) is 3.56. The highest BCUT2D eigenvalue weighted by atomic mass is 19.1. The molecule has 0 saturated carbocycles. The lowest BCUT2D eigenvalue weighted by Gasteiger charge is -2.35. The summed E-state index contributed by atoms with van der Waals surface area (Å²) in [7, 11) is 0. The number of benzene rings is 1. The largest absolute Gasteiger partial charge is 0.368 e. The van der Waals surface area contributed by atoms with Crippen molar-refractivity contribution in [2.24, 2.45) is 0 Å². The summed E-state index contributed by atoms with van der Waals surface area (Å²) < 4.78 is 18.6. The monoisotopic (exact) mass is 372 g/mol. The van der Waals surface area contributed by atoms with Crippen LogP contribution >= 0.6 is 0 Å². The van der Waals surface area contributed by atoms with Crippen molar-refractivity contribution in [2.45, 2.75) is 18.9 Å². The molecule has 2 fully saturated rings. The lowest BCUT2D eigenvalue weighted by Crippen LogP contribution is -2.52. The van der Waals surface area contributed by atoms with Crippen molar-refractivity contribution in [3.05, 3.63) is 41.8 Å². The Morgan fingerprint density at radius 3 is 2.48 bits per heavy atom. The molecule has 3 heterocycles. The molecule has 1 unspecified atom stereocenters. The zero-order valence-corrected chi connectivity index (χ0v) is 14.9. The predicted octanol–water partition coefficient (Wildman–Crippen LogP) is 1.68. The third kappa shape index (κ3) is 3.57. The van der Waals surface area contributed by atoms with Crippen LogP contribution in [0.3, 0.4) is 0 Å². The van der Waals surface area contributed by atoms with Crippen molar-refractivity contribution < 1.29 is 18.7 Å². The van der Waals surface area contributed by atoms with Crippen LogP contribution in [0.1, 0.15) is 23.2 Å². The zero-order chi connectivity index (χ0) is 18.8. The maximum atomic E-state index is 13.2. The molecule has 2 aliphatic rings. The number of ether oxygens (including phenoxy) is 1. The van der Waals surface area contributed by atoms with E-state index in [-0.39, 0.29) is 23.7 Å². The average Bonchev–Trinajstić information content (AvgIpc) is 3.40. The van der Waals surface area contributed by atoms with Crippen LogP contribution in [0, 0.1) is 5.82 Å². The van der Waals surface area contributed by atoms with E-state index in [1.165, 1.54) is 18.3 Å². The molecule has 0 spiro atoms. The molecule has 7 nitrogen and oxygen atoms in total. The van der Waals surface area contributed by atoms with E-state index in [1.807, 2.05) is 0 Å². The second kappa shape index (κ2) is 7.48. The van der Waals surface area contributed by atoms with Gasteiger partial charge in [0.25, 0.3) is 11.8 Å². The number of carbonyl (C=O) groups excluding carboxylic acids is 2. The Morgan fingerprint density at radius 2 is 1.81 bits per heavy atom. The summed E-state index contributed by atoms with van der Waals surface area (Å²) in [4.78, 5) is 28.8. The van der Waals surface area contributed by atoms with Gasteiger partial charge in [-0.3, -0.25) is 14.7 Å². The second-order valence-corrected chi connectivity index (χ2v) is 6.78. The normalized spacial score (nSPS) is 20.1. The standard InChI is InChI=1S/C19H21FN4O3/c20-14-5-3-13(4-6-14)17-15(12-21-22-17)18(25)23-7-9-24(10-8-23)19(26)16-2-1-11-27-16/h3-6,12,16H,1-2,7-11H2,(H,21,22). The minimum Gasteiger partial charge on any atom is -0.368 e. The van der Waals surface area contributed by atoms with Gasteiger partial charge in [0, 0.05) is 38.3 Å². The van der Waals surface area contributed by atoms with Crippen molar-refractivity contribution in [1.82, 2.24) is 20.0 Å². The molecule has 1 N–H and O–H groups in total. The van der Waals surface area contributed by atoms with E-state index in [1.54, 1.807) is 21.9 Å². The molecule has 4 rings (SSSR count). The Balaban J connectivity index is 1.42. The Labute approximate surface area is 156 Å². The van der Waals surface area contributed by atoms with Gasteiger partial charge in [-0.25, -0.2) is 4.39 Å². The highest BCUT2D eigenvalue weighted by molar-refractivity contribution is 5.99. The minimum atomic E-state index is -0.335. The summed E-state index contributed by atoms with van der Waals surface area (Å²) in [6, 6.07) is 5.91. The molecule has 2 amide bonds. The van der Waals surface area contributed by atoms with Crippen molar-refractivity contribution in [1.29, 1.82) is 0 Å². The van der Waals surface area contributed by atoms with E-state index in [0.717, 1.165) is 12.8 Å². The molecule has 27 heavy (non-hydrogen) atoms. The molecule has 2 saturated heterocycles. The first kappa shape index (κ1) is 17.7. The number of amides is 2. The molecular formula is C19H21FN4O3. The highest BCUT2D eigenvalue weighted by Gasteiger charge is 2.32. The third-order valence-corrected chi connectivity index (χ3v) is 5.09. The molecule has 1 aromatic carbocycles. The van der Waals surface area contributed by atoms with Crippen molar-refractivity contribution >= 4 is 11.8 Å². The number of hydrogen-bond donors (Lipinski definition) is 1. The Morgan fingerprint density at radius 1 is 1.11 bits per heavy atom. The fourth-order valence-corrected chi connectivity index (χ4v) is 3.56. The van der Waals surface area contributed by atoms with E-state index in [4.69, 9.17) is 4.74 Å². The van der Waals surface area contributed by atoms with Crippen LogP contribution in [-0.4, -0.2) is 70.7 Å². The summed E-state index contributed by atoms with van der Waals surface area (Å²) >= 11 is 0. The van der Waals surface area contributed by atoms with Gasteiger partial charge in [0.1, 0.15) is 11.9 Å². The van der Waals surface area contributed by atoms with E-state index in [9.17, 15) is 14.0 Å². The average molecular weight is 372 g/mol. The van der Waals surface area contributed by atoms with Gasteiger partial charge in [0.05, 0.1) is 17.5 Å². The fraction of sp³-hybridized carbons (Fsp3) is 0.421. The van der Waals surface area contributed by atoms with Gasteiger partial charge < -0.3 is 14.5 Å². The summed E-state index contributed by atoms with van der Waals surface area (Å²) in [6.07, 6.45) is 2.85. The lowest BCUT2D eigenvalue weighted by atomic mass is 10.1. The number of aromatic amines is 1. The first-order chi connectivity index (χ1) is 13.1. The molecule has 0 radical (unpaired) electrons. The van der Waals surface area contributed by atoms with Gasteiger partial charge >= 0.3 is 0 Å². The van der Waals surface area contributed by atoms with Crippen LogP contribution in [0.15, 0.2) is 30.5 Å². The summed E-state index contributed by atoms with van der Waals surface area (Å²) in [6.45, 7) is 2.56. The Kier molecular flexibility index (Phi) is 4.89. The number of nitrogens with zero attached hydrogens (tertiary/aromatic N) is 3. The number of hydrogen-bond acceptors (Lipinski definition) is 4. The minimum absolute atomic E-state index is 0.0231. The molecule has 1 atom stereocenters. The van der Waals surface area contributed by atoms with Crippen molar-refractivity contribution in [2.75, 3.05) is 32.8 Å². The zero-order valence-electron chi connectivity index (χ0n) is 14.9. The second-order valence-electron chi connectivity index (χ2n) is 6.78. The van der Waals surface area contributed by atoms with Crippen LogP contribution < -0.4 is 0 Å². The van der Waals surface area contributed by atoms with Crippen LogP contribution in [0.5, 0.6) is 0 Å². The van der Waals surface area contributed by atoms with Crippen LogP contribution in [0.2, 0.25) is 0 Å². The molecular weight excluding hydrogens is 351 g/mol. The smallest absolute Gasteiger partial charge is 0.257 e. The van der Waals surface area contributed by atoms with E-state index < -0.39 is 0 Å². The number of nitrogens with one attached hydrogen (secondary N) is 1. The first-order valence-electron chi connectivity index (χ1n) is 9.12. The van der Waals surface area contributed by atoms with Gasteiger partial charge in [-0.2, -0.15) is 5.10 Å². The number of carbonyl (C=O) groups is 2. The Bertz CT molecular complexity index is 822. The molecule has 2 aromatic rings. The van der Waals surface area contributed by atoms with Crippen LogP contribution in [0.25, 0.3) is 11.3 Å². The molecule has 1 aromatic heterocycles.